The molecule has 3 saturated carbocycles. The van der Waals surface area contributed by atoms with Gasteiger partial charge in [-0.25, -0.2) is 0 Å². The van der Waals surface area contributed by atoms with Crippen LogP contribution in [0, 0.1) is 10.8 Å². The number of esters is 1. The molecule has 0 aromatic carbocycles. The first kappa shape index (κ1) is 11.9. The highest BCUT2D eigenvalue weighted by molar-refractivity contribution is 5.81. The first-order valence-corrected chi connectivity index (χ1v) is 6.36. The Morgan fingerprint density at radius 1 is 1.19 bits per heavy atom. The van der Waals surface area contributed by atoms with Crippen molar-refractivity contribution in [1.29, 1.82) is 0 Å². The zero-order valence-electron chi connectivity index (χ0n) is 10.1. The summed E-state index contributed by atoms with van der Waals surface area (Å²) in [5.41, 5.74) is 0.424. The number of unbranched alkanes of at least 4 members (excludes halogenated alkanes) is 3. The summed E-state index contributed by atoms with van der Waals surface area (Å²) in [5.74, 6) is 0.00894. The molecule has 1 N–H and O–H groups in total. The van der Waals surface area contributed by atoms with Gasteiger partial charge in [0.25, 0.3) is 0 Å². The number of rotatable bonds is 7. The van der Waals surface area contributed by atoms with Crippen molar-refractivity contribution >= 4 is 5.97 Å². The molecule has 0 spiro atoms. The maximum Gasteiger partial charge on any atom is 0.311 e. The molecule has 0 heterocycles. The quantitative estimate of drug-likeness (QED) is 0.535. The molecule has 0 atom stereocenters. The average molecular weight is 226 g/mol. The third-order valence-electron chi connectivity index (χ3n) is 4.37. The van der Waals surface area contributed by atoms with Gasteiger partial charge in [-0.15, -0.1) is 0 Å². The highest BCUT2D eigenvalue weighted by Gasteiger charge is 2.71. The molecule has 3 aliphatic rings. The lowest BCUT2D eigenvalue weighted by Crippen LogP contribution is -2.65. The average Bonchev–Trinajstić information content (AvgIpc) is 2.18. The van der Waals surface area contributed by atoms with Crippen LogP contribution in [0.1, 0.15) is 51.4 Å². The molecule has 0 aromatic rings. The maximum atomic E-state index is 11.5. The van der Waals surface area contributed by atoms with Crippen LogP contribution in [0.25, 0.3) is 0 Å². The van der Waals surface area contributed by atoms with Crippen molar-refractivity contribution in [1.82, 2.24) is 0 Å². The summed E-state index contributed by atoms with van der Waals surface area (Å²) in [7, 11) is 1.49. The van der Waals surface area contributed by atoms with Gasteiger partial charge in [-0.3, -0.25) is 4.79 Å². The molecule has 0 aliphatic heterocycles. The van der Waals surface area contributed by atoms with Gasteiger partial charge in [0.15, 0.2) is 0 Å². The molecule has 2 bridgehead atoms. The van der Waals surface area contributed by atoms with Crippen LogP contribution in [0.15, 0.2) is 0 Å². The van der Waals surface area contributed by atoms with E-state index in [9.17, 15) is 4.79 Å². The second-order valence-electron chi connectivity index (χ2n) is 5.69. The Kier molecular flexibility index (Phi) is 3.24. The molecule has 92 valence electrons. The Hall–Kier alpha value is -0.570. The number of aliphatic hydroxyl groups excluding tert-OH is 1. The molecular weight excluding hydrogens is 204 g/mol. The van der Waals surface area contributed by atoms with Crippen LogP contribution < -0.4 is 0 Å². The molecule has 3 rings (SSSR count). The van der Waals surface area contributed by atoms with Gasteiger partial charge in [-0.2, -0.15) is 0 Å². The first-order chi connectivity index (χ1) is 7.66. The van der Waals surface area contributed by atoms with Crippen LogP contribution in [0.4, 0.5) is 0 Å². The van der Waals surface area contributed by atoms with Crippen LogP contribution in [0.2, 0.25) is 0 Å². The van der Waals surface area contributed by atoms with E-state index in [1.807, 2.05) is 0 Å². The summed E-state index contributed by atoms with van der Waals surface area (Å²) in [4.78, 5) is 11.5. The monoisotopic (exact) mass is 226 g/mol. The number of aliphatic hydroxyl groups is 1. The molecule has 3 nitrogen and oxygen atoms in total. The van der Waals surface area contributed by atoms with Gasteiger partial charge in [-0.05, 0) is 37.5 Å². The molecule has 3 fully saturated rings. The fraction of sp³-hybridized carbons (Fsp3) is 0.923. The van der Waals surface area contributed by atoms with E-state index in [0.717, 1.165) is 32.1 Å². The largest absolute Gasteiger partial charge is 0.469 e. The van der Waals surface area contributed by atoms with Gasteiger partial charge < -0.3 is 9.84 Å². The third kappa shape index (κ3) is 1.86. The normalized spacial score (nSPS) is 35.1. The van der Waals surface area contributed by atoms with Gasteiger partial charge in [0.1, 0.15) is 0 Å². The lowest BCUT2D eigenvalue weighted by atomic mass is 9.34. The predicted octanol–water partition coefficient (Wildman–Crippen LogP) is 2.27. The van der Waals surface area contributed by atoms with Gasteiger partial charge in [-0.1, -0.05) is 19.3 Å². The Balaban J connectivity index is 1.60. The van der Waals surface area contributed by atoms with Crippen LogP contribution in [-0.2, 0) is 9.53 Å². The summed E-state index contributed by atoms with van der Waals surface area (Å²) < 4.78 is 4.83. The van der Waals surface area contributed by atoms with Crippen LogP contribution >= 0.6 is 0 Å². The standard InChI is InChI=1S/C13H22O3/c1-16-11(15)13-8-12(9-13,10-13)6-4-2-3-5-7-14/h14H,2-10H2,1H3. The van der Waals surface area contributed by atoms with Crippen molar-refractivity contribution in [3.05, 3.63) is 0 Å². The van der Waals surface area contributed by atoms with E-state index in [4.69, 9.17) is 9.84 Å². The molecular formula is C13H22O3. The van der Waals surface area contributed by atoms with Gasteiger partial charge >= 0.3 is 5.97 Å². The zero-order valence-corrected chi connectivity index (χ0v) is 10.1. The molecule has 0 amide bonds. The molecule has 16 heavy (non-hydrogen) atoms. The van der Waals surface area contributed by atoms with E-state index >= 15 is 0 Å². The molecule has 0 unspecified atom stereocenters. The van der Waals surface area contributed by atoms with E-state index in [1.54, 1.807) is 0 Å². The minimum Gasteiger partial charge on any atom is -0.469 e. The van der Waals surface area contributed by atoms with E-state index in [2.05, 4.69) is 0 Å². The fourth-order valence-corrected chi connectivity index (χ4v) is 3.66. The van der Waals surface area contributed by atoms with Crippen LogP contribution in [0.3, 0.4) is 0 Å². The van der Waals surface area contributed by atoms with E-state index in [1.165, 1.54) is 26.4 Å². The summed E-state index contributed by atoms with van der Waals surface area (Å²) in [6, 6.07) is 0. The molecule has 3 heteroatoms. The zero-order chi connectivity index (χ0) is 11.6. The lowest BCUT2D eigenvalue weighted by molar-refractivity contribution is -0.228. The highest BCUT2D eigenvalue weighted by Crippen LogP contribution is 2.75. The van der Waals surface area contributed by atoms with Crippen LogP contribution in [0.5, 0.6) is 0 Å². The van der Waals surface area contributed by atoms with Gasteiger partial charge in [0.05, 0.1) is 12.5 Å². The number of carbonyl (C=O) groups excluding carboxylic acids is 1. The number of hydrogen-bond donors (Lipinski definition) is 1. The lowest BCUT2D eigenvalue weighted by Gasteiger charge is -2.69. The molecule has 0 radical (unpaired) electrons. The smallest absolute Gasteiger partial charge is 0.311 e. The Labute approximate surface area is 97.2 Å². The van der Waals surface area contributed by atoms with E-state index in [-0.39, 0.29) is 11.4 Å². The highest BCUT2D eigenvalue weighted by atomic mass is 16.5. The second kappa shape index (κ2) is 4.36. The first-order valence-electron chi connectivity index (χ1n) is 6.36. The van der Waals surface area contributed by atoms with Gasteiger partial charge in [0, 0.05) is 6.61 Å². The SMILES string of the molecule is COC(=O)C12CC(CCCCCCO)(C1)C2. The van der Waals surface area contributed by atoms with Crippen molar-refractivity contribution in [3.63, 3.8) is 0 Å². The van der Waals surface area contributed by atoms with Crippen molar-refractivity contribution < 1.29 is 14.6 Å². The number of ether oxygens (including phenoxy) is 1. The van der Waals surface area contributed by atoms with Crippen molar-refractivity contribution in [3.8, 4) is 0 Å². The summed E-state index contributed by atoms with van der Waals surface area (Å²) in [5, 5.41) is 8.66. The topological polar surface area (TPSA) is 46.5 Å². The summed E-state index contributed by atoms with van der Waals surface area (Å²) in [6.07, 6.45) is 8.97. The van der Waals surface area contributed by atoms with Crippen molar-refractivity contribution in [2.45, 2.75) is 51.4 Å². The van der Waals surface area contributed by atoms with Crippen LogP contribution in [-0.4, -0.2) is 24.8 Å². The fourth-order valence-electron chi connectivity index (χ4n) is 3.66. The number of carbonyl (C=O) groups is 1. The Morgan fingerprint density at radius 3 is 2.38 bits per heavy atom. The van der Waals surface area contributed by atoms with Gasteiger partial charge in [0.2, 0.25) is 0 Å². The Bertz CT molecular complexity index is 253. The summed E-state index contributed by atoms with van der Waals surface area (Å²) >= 11 is 0. The maximum absolute atomic E-state index is 11.5. The number of hydrogen-bond acceptors (Lipinski definition) is 3. The second-order valence-corrected chi connectivity index (χ2v) is 5.69. The minimum absolute atomic E-state index is 0.00894. The summed E-state index contributed by atoms with van der Waals surface area (Å²) in [6.45, 7) is 0.316. The van der Waals surface area contributed by atoms with E-state index in [0.29, 0.717) is 12.0 Å². The Morgan fingerprint density at radius 2 is 1.81 bits per heavy atom. The third-order valence-corrected chi connectivity index (χ3v) is 4.37. The minimum atomic E-state index is -0.0696. The number of methoxy groups -OCH3 is 1. The predicted molar refractivity (Wildman–Crippen MR) is 60.9 cm³/mol. The molecule has 3 aliphatic carbocycles. The van der Waals surface area contributed by atoms with Crippen molar-refractivity contribution in [2.75, 3.05) is 13.7 Å². The molecule has 0 aromatic heterocycles. The molecule has 0 saturated heterocycles. The van der Waals surface area contributed by atoms with Crippen molar-refractivity contribution in [2.24, 2.45) is 10.8 Å². The van der Waals surface area contributed by atoms with E-state index < -0.39 is 0 Å².